The third-order valence-corrected chi connectivity index (χ3v) is 4.73. The van der Waals surface area contributed by atoms with Crippen LogP contribution in [-0.2, 0) is 16.0 Å². The summed E-state index contributed by atoms with van der Waals surface area (Å²) in [5, 5.41) is 2.81. The van der Waals surface area contributed by atoms with Crippen LogP contribution >= 0.6 is 11.3 Å². The molecule has 3 aromatic rings. The maximum Gasteiger partial charge on any atom is 0.311 e. The molecule has 5 nitrogen and oxygen atoms in total. The van der Waals surface area contributed by atoms with Crippen molar-refractivity contribution in [3.8, 4) is 11.3 Å². The fourth-order valence-electron chi connectivity index (χ4n) is 2.50. The van der Waals surface area contributed by atoms with Gasteiger partial charge in [-0.1, -0.05) is 30.3 Å². The summed E-state index contributed by atoms with van der Waals surface area (Å²) >= 11 is 1.13. The molecule has 0 fully saturated rings. The molecule has 144 valence electrons. The zero-order valence-electron chi connectivity index (χ0n) is 14.9. The molecule has 0 unspecified atom stereocenters. The zero-order chi connectivity index (χ0) is 20.1. The van der Waals surface area contributed by atoms with Crippen LogP contribution in [0.25, 0.3) is 11.3 Å². The molecule has 0 aliphatic heterocycles. The van der Waals surface area contributed by atoms with Crippen molar-refractivity contribution in [1.82, 2.24) is 4.98 Å². The smallest absolute Gasteiger partial charge is 0.311 e. The Morgan fingerprint density at radius 2 is 1.86 bits per heavy atom. The second kappa shape index (κ2) is 8.71. The van der Waals surface area contributed by atoms with E-state index in [4.69, 9.17) is 4.74 Å². The Morgan fingerprint density at radius 3 is 2.54 bits per heavy atom. The number of esters is 1. The highest BCUT2D eigenvalue weighted by atomic mass is 32.1. The average molecular weight is 402 g/mol. The van der Waals surface area contributed by atoms with Gasteiger partial charge >= 0.3 is 5.97 Å². The molecule has 0 bridgehead atoms. The minimum Gasteiger partial charge on any atom is -0.466 e. The lowest BCUT2D eigenvalue weighted by Gasteiger charge is -2.02. The maximum absolute atomic E-state index is 13.4. The molecule has 8 heteroatoms. The van der Waals surface area contributed by atoms with Crippen molar-refractivity contribution >= 4 is 28.3 Å². The number of carbonyl (C=O) groups is 2. The van der Waals surface area contributed by atoms with E-state index in [-0.39, 0.29) is 23.7 Å². The molecule has 0 radical (unpaired) electrons. The van der Waals surface area contributed by atoms with E-state index < -0.39 is 23.5 Å². The number of amides is 1. The van der Waals surface area contributed by atoms with Gasteiger partial charge in [0.15, 0.2) is 16.8 Å². The SMILES string of the molecule is CCOC(=O)Cc1sc(NC(=O)c2ccc(F)c(F)c2)nc1-c1ccccc1. The molecule has 0 spiro atoms. The summed E-state index contributed by atoms with van der Waals surface area (Å²) in [6.07, 6.45) is 0.0107. The van der Waals surface area contributed by atoms with Crippen LogP contribution in [0, 0.1) is 11.6 Å². The molecule has 1 heterocycles. The van der Waals surface area contributed by atoms with E-state index in [9.17, 15) is 18.4 Å². The average Bonchev–Trinajstić information content (AvgIpc) is 3.06. The number of ether oxygens (including phenoxy) is 1. The van der Waals surface area contributed by atoms with E-state index in [0.717, 1.165) is 29.0 Å². The minimum atomic E-state index is -1.11. The maximum atomic E-state index is 13.4. The van der Waals surface area contributed by atoms with Gasteiger partial charge in [-0.3, -0.25) is 14.9 Å². The van der Waals surface area contributed by atoms with Crippen molar-refractivity contribution in [3.63, 3.8) is 0 Å². The standard InChI is InChI=1S/C20H16F2N2O3S/c1-2-27-17(25)11-16-18(12-6-4-3-5-7-12)23-20(28-16)24-19(26)13-8-9-14(21)15(22)10-13/h3-10H,2,11H2,1H3,(H,23,24,26). The van der Waals surface area contributed by atoms with Crippen molar-refractivity contribution < 1.29 is 23.1 Å². The van der Waals surface area contributed by atoms with Crippen LogP contribution in [0.5, 0.6) is 0 Å². The van der Waals surface area contributed by atoms with Crippen LogP contribution in [0.3, 0.4) is 0 Å². The first-order valence-corrected chi connectivity index (χ1v) is 9.26. The van der Waals surface area contributed by atoms with Gasteiger partial charge < -0.3 is 4.74 Å². The van der Waals surface area contributed by atoms with Crippen molar-refractivity contribution in [2.75, 3.05) is 11.9 Å². The van der Waals surface area contributed by atoms with Crippen molar-refractivity contribution in [2.24, 2.45) is 0 Å². The van der Waals surface area contributed by atoms with Crippen LogP contribution in [0.1, 0.15) is 22.2 Å². The molecule has 3 rings (SSSR count). The molecular formula is C20H16F2N2O3S. The molecule has 0 aliphatic rings. The fourth-order valence-corrected chi connectivity index (χ4v) is 3.46. The second-order valence-electron chi connectivity index (χ2n) is 5.72. The lowest BCUT2D eigenvalue weighted by molar-refractivity contribution is -0.142. The predicted octanol–water partition coefficient (Wildman–Crippen LogP) is 4.45. The summed E-state index contributed by atoms with van der Waals surface area (Å²) in [7, 11) is 0. The van der Waals surface area contributed by atoms with Crippen molar-refractivity contribution in [3.05, 3.63) is 70.6 Å². The Labute approximate surface area is 164 Å². The van der Waals surface area contributed by atoms with Gasteiger partial charge in [-0.25, -0.2) is 13.8 Å². The number of carbonyl (C=O) groups excluding carboxylic acids is 2. The number of hydrogen-bond acceptors (Lipinski definition) is 5. The molecule has 0 aliphatic carbocycles. The van der Waals surface area contributed by atoms with Gasteiger partial charge in [0.2, 0.25) is 0 Å². The molecule has 0 saturated heterocycles. The Bertz CT molecular complexity index is 1010. The number of benzene rings is 2. The van der Waals surface area contributed by atoms with Crippen molar-refractivity contribution in [2.45, 2.75) is 13.3 Å². The highest BCUT2D eigenvalue weighted by Gasteiger charge is 2.19. The van der Waals surface area contributed by atoms with Gasteiger partial charge in [0.1, 0.15) is 0 Å². The molecule has 0 saturated carbocycles. The van der Waals surface area contributed by atoms with Crippen molar-refractivity contribution in [1.29, 1.82) is 0 Å². The quantitative estimate of drug-likeness (QED) is 0.619. The lowest BCUT2D eigenvalue weighted by Crippen LogP contribution is -2.12. The van der Waals surface area contributed by atoms with E-state index in [2.05, 4.69) is 10.3 Å². The second-order valence-corrected chi connectivity index (χ2v) is 6.81. The molecule has 1 N–H and O–H groups in total. The third-order valence-electron chi connectivity index (χ3n) is 3.76. The summed E-state index contributed by atoms with van der Waals surface area (Å²) < 4.78 is 31.4. The minimum absolute atomic E-state index is 0.0107. The number of rotatable bonds is 6. The van der Waals surface area contributed by atoms with E-state index in [1.54, 1.807) is 6.92 Å². The molecule has 28 heavy (non-hydrogen) atoms. The van der Waals surface area contributed by atoms with Crippen LogP contribution in [0.4, 0.5) is 13.9 Å². The van der Waals surface area contributed by atoms with Gasteiger partial charge in [-0.15, -0.1) is 11.3 Å². The Kier molecular flexibility index (Phi) is 6.10. The van der Waals surface area contributed by atoms with Crippen LogP contribution in [0.15, 0.2) is 48.5 Å². The van der Waals surface area contributed by atoms with E-state index in [0.29, 0.717) is 10.6 Å². The first kappa shape index (κ1) is 19.6. The lowest BCUT2D eigenvalue weighted by atomic mass is 10.1. The number of hydrogen-bond donors (Lipinski definition) is 1. The number of thiazole rings is 1. The summed E-state index contributed by atoms with van der Waals surface area (Å²) in [5.74, 6) is -3.18. The van der Waals surface area contributed by atoms with Gasteiger partial charge in [0.05, 0.1) is 18.7 Å². The third kappa shape index (κ3) is 4.58. The summed E-state index contributed by atoms with van der Waals surface area (Å²) in [4.78, 5) is 29.3. The molecule has 1 aromatic heterocycles. The summed E-state index contributed by atoms with van der Waals surface area (Å²) in [6.45, 7) is 1.98. The van der Waals surface area contributed by atoms with E-state index >= 15 is 0 Å². The number of nitrogens with zero attached hydrogens (tertiary/aromatic N) is 1. The number of halogens is 2. The molecular weight excluding hydrogens is 386 g/mol. The Morgan fingerprint density at radius 1 is 1.11 bits per heavy atom. The largest absolute Gasteiger partial charge is 0.466 e. The van der Waals surface area contributed by atoms with Crippen LogP contribution < -0.4 is 5.32 Å². The first-order valence-electron chi connectivity index (χ1n) is 8.45. The van der Waals surface area contributed by atoms with Crippen LogP contribution in [0.2, 0.25) is 0 Å². The fraction of sp³-hybridized carbons (Fsp3) is 0.150. The number of nitrogens with one attached hydrogen (secondary N) is 1. The summed E-state index contributed by atoms with van der Waals surface area (Å²) in [6, 6.07) is 12.1. The molecule has 1 amide bonds. The van der Waals surface area contributed by atoms with Gasteiger partial charge in [0.25, 0.3) is 5.91 Å². The van der Waals surface area contributed by atoms with Gasteiger partial charge in [0, 0.05) is 16.0 Å². The normalized spacial score (nSPS) is 10.5. The monoisotopic (exact) mass is 402 g/mol. The zero-order valence-corrected chi connectivity index (χ0v) is 15.7. The summed E-state index contributed by atoms with van der Waals surface area (Å²) in [5.41, 5.74) is 1.30. The number of aromatic nitrogens is 1. The Hall–Kier alpha value is -3.13. The highest BCUT2D eigenvalue weighted by Crippen LogP contribution is 2.32. The van der Waals surface area contributed by atoms with Gasteiger partial charge in [-0.2, -0.15) is 0 Å². The molecule has 0 atom stereocenters. The predicted molar refractivity (Wildman–Crippen MR) is 102 cm³/mol. The Balaban J connectivity index is 1.88. The van der Waals surface area contributed by atoms with E-state index in [1.165, 1.54) is 6.07 Å². The number of anilines is 1. The molecule has 2 aromatic carbocycles. The topological polar surface area (TPSA) is 68.3 Å². The first-order chi connectivity index (χ1) is 13.5. The van der Waals surface area contributed by atoms with Gasteiger partial charge in [-0.05, 0) is 25.1 Å². The highest BCUT2D eigenvalue weighted by molar-refractivity contribution is 7.16. The van der Waals surface area contributed by atoms with Crippen LogP contribution in [-0.4, -0.2) is 23.5 Å². The van der Waals surface area contributed by atoms with E-state index in [1.807, 2.05) is 30.3 Å².